The summed E-state index contributed by atoms with van der Waals surface area (Å²) >= 11 is 0. The van der Waals surface area contributed by atoms with Crippen molar-refractivity contribution in [3.8, 4) is 0 Å². The lowest BCUT2D eigenvalue weighted by atomic mass is 10.2. The van der Waals surface area contributed by atoms with Crippen LogP contribution in [0.1, 0.15) is 31.9 Å². The third kappa shape index (κ3) is 4.73. The Morgan fingerprint density at radius 1 is 1.38 bits per heavy atom. The SMILES string of the molecule is Cc1cccc(/C=N/C(=O)OC(C)(C)C)c1. The number of nitrogens with zero attached hydrogens (tertiary/aromatic N) is 1. The van der Waals surface area contributed by atoms with Crippen molar-refractivity contribution in [1.82, 2.24) is 0 Å². The predicted molar refractivity (Wildman–Crippen MR) is 65.0 cm³/mol. The highest BCUT2D eigenvalue weighted by Crippen LogP contribution is 2.08. The molecule has 1 aromatic carbocycles. The number of benzene rings is 1. The normalized spacial score (nSPS) is 11.8. The molecule has 3 heteroatoms. The van der Waals surface area contributed by atoms with Crippen LogP contribution in [0.5, 0.6) is 0 Å². The maximum Gasteiger partial charge on any atom is 0.434 e. The number of hydrogen-bond acceptors (Lipinski definition) is 2. The summed E-state index contributed by atoms with van der Waals surface area (Å²) in [6.07, 6.45) is 0.954. The summed E-state index contributed by atoms with van der Waals surface area (Å²) in [6, 6.07) is 7.76. The minimum absolute atomic E-state index is 0.499. The third-order valence-electron chi connectivity index (χ3n) is 1.75. The zero-order chi connectivity index (χ0) is 12.2. The zero-order valence-corrected chi connectivity index (χ0v) is 10.2. The van der Waals surface area contributed by atoms with Crippen LogP contribution in [-0.4, -0.2) is 17.9 Å². The van der Waals surface area contributed by atoms with Gasteiger partial charge in [-0.2, -0.15) is 4.99 Å². The van der Waals surface area contributed by atoms with Gasteiger partial charge in [-0.05, 0) is 33.3 Å². The summed E-state index contributed by atoms with van der Waals surface area (Å²) in [5, 5.41) is 0. The van der Waals surface area contributed by atoms with Gasteiger partial charge in [0.2, 0.25) is 0 Å². The molecule has 3 nitrogen and oxygen atoms in total. The summed E-state index contributed by atoms with van der Waals surface area (Å²) in [7, 11) is 0. The lowest BCUT2D eigenvalue weighted by Crippen LogP contribution is -2.21. The number of ether oxygens (including phenoxy) is 1. The second kappa shape index (κ2) is 4.92. The van der Waals surface area contributed by atoms with Crippen LogP contribution >= 0.6 is 0 Å². The number of aliphatic imine (C=N–C) groups is 1. The van der Waals surface area contributed by atoms with E-state index in [9.17, 15) is 4.79 Å². The first-order valence-corrected chi connectivity index (χ1v) is 5.20. The molecule has 0 saturated carbocycles. The Morgan fingerprint density at radius 2 is 2.06 bits per heavy atom. The van der Waals surface area contributed by atoms with E-state index in [1.807, 2.05) is 52.0 Å². The first-order chi connectivity index (χ1) is 7.37. The van der Waals surface area contributed by atoms with Gasteiger partial charge in [0.1, 0.15) is 5.60 Å². The van der Waals surface area contributed by atoms with Crippen molar-refractivity contribution in [3.05, 3.63) is 35.4 Å². The van der Waals surface area contributed by atoms with Crippen LogP contribution in [0.4, 0.5) is 4.79 Å². The molecule has 0 unspecified atom stereocenters. The second-order valence-corrected chi connectivity index (χ2v) is 4.65. The number of carbonyl (C=O) groups is 1. The Hall–Kier alpha value is -1.64. The molecule has 0 aromatic heterocycles. The minimum Gasteiger partial charge on any atom is -0.442 e. The van der Waals surface area contributed by atoms with Gasteiger partial charge in [-0.15, -0.1) is 0 Å². The quantitative estimate of drug-likeness (QED) is 0.679. The van der Waals surface area contributed by atoms with Crippen LogP contribution in [0.25, 0.3) is 0 Å². The molecule has 0 bridgehead atoms. The Morgan fingerprint density at radius 3 is 2.62 bits per heavy atom. The van der Waals surface area contributed by atoms with Gasteiger partial charge in [0, 0.05) is 6.21 Å². The molecule has 86 valence electrons. The molecule has 0 N–H and O–H groups in total. The molecule has 1 amide bonds. The predicted octanol–water partition coefficient (Wildman–Crippen LogP) is 3.35. The topological polar surface area (TPSA) is 38.7 Å². The Labute approximate surface area is 96.2 Å². The summed E-state index contributed by atoms with van der Waals surface area (Å²) in [5.74, 6) is 0. The van der Waals surface area contributed by atoms with Gasteiger partial charge in [0.05, 0.1) is 0 Å². The number of aryl methyl sites for hydroxylation is 1. The molecule has 0 radical (unpaired) electrons. The maximum absolute atomic E-state index is 11.3. The van der Waals surface area contributed by atoms with E-state index in [1.54, 1.807) is 0 Å². The van der Waals surface area contributed by atoms with Crippen LogP contribution in [0.2, 0.25) is 0 Å². The second-order valence-electron chi connectivity index (χ2n) is 4.65. The van der Waals surface area contributed by atoms with E-state index in [4.69, 9.17) is 4.74 Å². The summed E-state index contributed by atoms with van der Waals surface area (Å²) in [6.45, 7) is 7.43. The molecule has 0 aliphatic carbocycles. The van der Waals surface area contributed by atoms with Gasteiger partial charge in [-0.25, -0.2) is 4.79 Å². The third-order valence-corrected chi connectivity index (χ3v) is 1.75. The molecule has 1 aromatic rings. The Kier molecular flexibility index (Phi) is 3.82. The molecule has 0 fully saturated rings. The molecular weight excluding hydrogens is 202 g/mol. The molecule has 0 saturated heterocycles. The van der Waals surface area contributed by atoms with Gasteiger partial charge >= 0.3 is 6.09 Å². The van der Waals surface area contributed by atoms with Crippen molar-refractivity contribution in [3.63, 3.8) is 0 Å². The molecule has 16 heavy (non-hydrogen) atoms. The largest absolute Gasteiger partial charge is 0.442 e. The summed E-state index contributed by atoms with van der Waals surface area (Å²) in [4.78, 5) is 15.0. The molecule has 0 aliphatic heterocycles. The van der Waals surface area contributed by atoms with Gasteiger partial charge < -0.3 is 4.74 Å². The van der Waals surface area contributed by atoms with Crippen LogP contribution < -0.4 is 0 Å². The standard InChI is InChI=1S/C13H17NO2/c1-10-6-5-7-11(8-10)9-14-12(15)16-13(2,3)4/h5-9H,1-4H3/b14-9+. The highest BCUT2D eigenvalue weighted by atomic mass is 16.6. The van der Waals surface area contributed by atoms with Crippen molar-refractivity contribution in [2.45, 2.75) is 33.3 Å². The van der Waals surface area contributed by atoms with E-state index in [2.05, 4.69) is 4.99 Å². The zero-order valence-electron chi connectivity index (χ0n) is 10.2. The van der Waals surface area contributed by atoms with Crippen molar-refractivity contribution < 1.29 is 9.53 Å². The first kappa shape index (κ1) is 12.4. The van der Waals surface area contributed by atoms with E-state index in [0.29, 0.717) is 0 Å². The highest BCUT2D eigenvalue weighted by Gasteiger charge is 2.14. The lowest BCUT2D eigenvalue weighted by Gasteiger charge is -2.17. The van der Waals surface area contributed by atoms with E-state index in [1.165, 1.54) is 6.21 Å². The van der Waals surface area contributed by atoms with Crippen molar-refractivity contribution >= 4 is 12.3 Å². The Balaban J connectivity index is 2.64. The van der Waals surface area contributed by atoms with Crippen molar-refractivity contribution in [1.29, 1.82) is 0 Å². The van der Waals surface area contributed by atoms with Crippen LogP contribution in [0.15, 0.2) is 29.3 Å². The maximum atomic E-state index is 11.3. The van der Waals surface area contributed by atoms with Gasteiger partial charge in [-0.1, -0.05) is 29.8 Å². The fourth-order valence-corrected chi connectivity index (χ4v) is 1.17. The average Bonchev–Trinajstić information content (AvgIpc) is 2.12. The molecule has 0 spiro atoms. The van der Waals surface area contributed by atoms with Gasteiger partial charge in [0.25, 0.3) is 0 Å². The molecular formula is C13H17NO2. The first-order valence-electron chi connectivity index (χ1n) is 5.20. The Bertz CT molecular complexity index is 403. The number of hydrogen-bond donors (Lipinski definition) is 0. The molecule has 0 heterocycles. The fourth-order valence-electron chi connectivity index (χ4n) is 1.17. The van der Waals surface area contributed by atoms with Crippen LogP contribution in [0.3, 0.4) is 0 Å². The molecule has 1 rings (SSSR count). The monoisotopic (exact) mass is 219 g/mol. The average molecular weight is 219 g/mol. The number of rotatable bonds is 1. The smallest absolute Gasteiger partial charge is 0.434 e. The number of amides is 1. The van der Waals surface area contributed by atoms with Gasteiger partial charge in [0.15, 0.2) is 0 Å². The van der Waals surface area contributed by atoms with Gasteiger partial charge in [-0.3, -0.25) is 0 Å². The number of carbonyl (C=O) groups excluding carboxylic acids is 1. The fraction of sp³-hybridized carbons (Fsp3) is 0.385. The minimum atomic E-state index is -0.561. The summed E-state index contributed by atoms with van der Waals surface area (Å²) in [5.41, 5.74) is 1.53. The van der Waals surface area contributed by atoms with Crippen LogP contribution in [-0.2, 0) is 4.74 Å². The summed E-state index contributed by atoms with van der Waals surface area (Å²) < 4.78 is 5.05. The molecule has 0 atom stereocenters. The van der Waals surface area contributed by atoms with Crippen molar-refractivity contribution in [2.75, 3.05) is 0 Å². The van der Waals surface area contributed by atoms with E-state index >= 15 is 0 Å². The van der Waals surface area contributed by atoms with E-state index in [-0.39, 0.29) is 0 Å². The van der Waals surface area contributed by atoms with E-state index in [0.717, 1.165) is 11.1 Å². The lowest BCUT2D eigenvalue weighted by molar-refractivity contribution is 0.0605. The van der Waals surface area contributed by atoms with Crippen LogP contribution in [0, 0.1) is 6.92 Å². The van der Waals surface area contributed by atoms with Crippen molar-refractivity contribution in [2.24, 2.45) is 4.99 Å². The molecule has 0 aliphatic rings. The van der Waals surface area contributed by atoms with E-state index < -0.39 is 11.7 Å². The highest BCUT2D eigenvalue weighted by molar-refractivity contribution is 5.89.